The lowest BCUT2D eigenvalue weighted by atomic mass is 10.0. The van der Waals surface area contributed by atoms with Gasteiger partial charge in [0.1, 0.15) is 11.5 Å². The van der Waals surface area contributed by atoms with Crippen molar-refractivity contribution in [3.63, 3.8) is 0 Å². The first kappa shape index (κ1) is 19.4. The molecule has 0 fully saturated rings. The Balaban J connectivity index is 1.80. The number of aromatic carboxylic acids is 1. The number of hydrogen-bond acceptors (Lipinski definition) is 5. The van der Waals surface area contributed by atoms with Crippen molar-refractivity contribution in [1.82, 2.24) is 15.2 Å². The van der Waals surface area contributed by atoms with Crippen molar-refractivity contribution in [2.24, 2.45) is 0 Å². The van der Waals surface area contributed by atoms with E-state index in [1.165, 1.54) is 0 Å². The molecule has 0 amide bonds. The first-order chi connectivity index (χ1) is 14.6. The lowest BCUT2D eigenvalue weighted by Crippen LogP contribution is -2.00. The van der Waals surface area contributed by atoms with Crippen LogP contribution in [0.4, 0.5) is 0 Å². The van der Waals surface area contributed by atoms with E-state index in [1.54, 1.807) is 6.07 Å². The second-order valence-electron chi connectivity index (χ2n) is 6.57. The van der Waals surface area contributed by atoms with Crippen molar-refractivity contribution in [2.75, 3.05) is 13.2 Å². The molecule has 0 aliphatic rings. The lowest BCUT2D eigenvalue weighted by Gasteiger charge is -2.08. The summed E-state index contributed by atoms with van der Waals surface area (Å²) in [6.07, 6.45) is 0. The van der Waals surface area contributed by atoms with Crippen LogP contribution in [0.3, 0.4) is 0 Å². The van der Waals surface area contributed by atoms with Gasteiger partial charge < -0.3 is 14.6 Å². The van der Waals surface area contributed by atoms with E-state index in [0.29, 0.717) is 35.6 Å². The molecule has 2 N–H and O–H groups in total. The van der Waals surface area contributed by atoms with Gasteiger partial charge in [-0.2, -0.15) is 5.10 Å². The standard InChI is InChI=1S/C23H21N3O4/c1-3-29-16-9-5-14(6-10-16)19-13-18(23(27)28)20-21(25-26-22(20)24-19)15-7-11-17(12-8-15)30-4-2/h5-13H,3-4H2,1-2H3,(H,27,28)(H,24,25,26). The number of carboxylic acids is 1. The third-order valence-electron chi connectivity index (χ3n) is 4.67. The Morgan fingerprint density at radius 2 is 1.50 bits per heavy atom. The molecule has 0 saturated heterocycles. The largest absolute Gasteiger partial charge is 0.494 e. The smallest absolute Gasteiger partial charge is 0.336 e. The summed E-state index contributed by atoms with van der Waals surface area (Å²) in [6, 6.07) is 16.4. The van der Waals surface area contributed by atoms with Gasteiger partial charge in [-0.1, -0.05) is 0 Å². The fourth-order valence-corrected chi connectivity index (χ4v) is 3.32. The van der Waals surface area contributed by atoms with Crippen molar-refractivity contribution >= 4 is 17.0 Å². The molecule has 4 rings (SSSR count). The zero-order valence-electron chi connectivity index (χ0n) is 16.7. The van der Waals surface area contributed by atoms with Crippen LogP contribution in [0.25, 0.3) is 33.5 Å². The number of aromatic amines is 1. The number of rotatable bonds is 7. The molecule has 0 spiro atoms. The molecular formula is C23H21N3O4. The van der Waals surface area contributed by atoms with Gasteiger partial charge >= 0.3 is 5.97 Å². The van der Waals surface area contributed by atoms with Crippen molar-refractivity contribution in [3.8, 4) is 34.0 Å². The minimum absolute atomic E-state index is 0.140. The van der Waals surface area contributed by atoms with E-state index >= 15 is 0 Å². The zero-order chi connectivity index (χ0) is 21.1. The fraction of sp³-hybridized carbons (Fsp3) is 0.174. The highest BCUT2D eigenvalue weighted by atomic mass is 16.5. The Labute approximate surface area is 173 Å². The molecule has 152 valence electrons. The third-order valence-corrected chi connectivity index (χ3v) is 4.67. The van der Waals surface area contributed by atoms with Gasteiger partial charge in [0.25, 0.3) is 0 Å². The van der Waals surface area contributed by atoms with E-state index in [-0.39, 0.29) is 5.56 Å². The van der Waals surface area contributed by atoms with Crippen LogP contribution in [-0.2, 0) is 0 Å². The quantitative estimate of drug-likeness (QED) is 0.461. The molecule has 2 heterocycles. The number of hydrogen-bond donors (Lipinski definition) is 2. The number of pyridine rings is 1. The predicted octanol–water partition coefficient (Wildman–Crippen LogP) is 4.79. The molecule has 7 heteroatoms. The van der Waals surface area contributed by atoms with Crippen molar-refractivity contribution in [2.45, 2.75) is 13.8 Å². The predicted molar refractivity (Wildman–Crippen MR) is 114 cm³/mol. The van der Waals surface area contributed by atoms with Gasteiger partial charge in [-0.3, -0.25) is 5.10 Å². The first-order valence-electron chi connectivity index (χ1n) is 9.69. The molecule has 0 atom stereocenters. The van der Waals surface area contributed by atoms with E-state index in [9.17, 15) is 9.90 Å². The Morgan fingerprint density at radius 3 is 2.03 bits per heavy atom. The van der Waals surface area contributed by atoms with Crippen molar-refractivity contribution < 1.29 is 19.4 Å². The highest BCUT2D eigenvalue weighted by Crippen LogP contribution is 2.32. The molecule has 2 aromatic heterocycles. The van der Waals surface area contributed by atoms with Crippen LogP contribution in [0.15, 0.2) is 54.6 Å². The molecule has 0 unspecified atom stereocenters. The SMILES string of the molecule is CCOc1ccc(-c2cc(C(=O)O)c3c(-c4ccc(OCC)cc4)[nH]nc3n2)cc1. The van der Waals surface area contributed by atoms with Crippen LogP contribution in [0.2, 0.25) is 0 Å². The van der Waals surface area contributed by atoms with E-state index in [2.05, 4.69) is 15.2 Å². The lowest BCUT2D eigenvalue weighted by molar-refractivity contribution is 0.0699. The van der Waals surface area contributed by atoms with Gasteiger partial charge in [0.15, 0.2) is 5.65 Å². The molecule has 0 bridgehead atoms. The average Bonchev–Trinajstić information content (AvgIpc) is 3.18. The number of carbonyl (C=O) groups is 1. The summed E-state index contributed by atoms with van der Waals surface area (Å²) >= 11 is 0. The highest BCUT2D eigenvalue weighted by Gasteiger charge is 2.20. The van der Waals surface area contributed by atoms with Crippen LogP contribution in [0, 0.1) is 0 Å². The fourth-order valence-electron chi connectivity index (χ4n) is 3.32. The molecule has 0 saturated carbocycles. The van der Waals surface area contributed by atoms with Gasteiger partial charge in [0.2, 0.25) is 0 Å². The Kier molecular flexibility index (Phi) is 5.34. The summed E-state index contributed by atoms with van der Waals surface area (Å²) in [5, 5.41) is 17.6. The topological polar surface area (TPSA) is 97.3 Å². The molecule has 0 aliphatic heterocycles. The third kappa shape index (κ3) is 3.69. The van der Waals surface area contributed by atoms with Crippen molar-refractivity contribution in [1.29, 1.82) is 0 Å². The maximum Gasteiger partial charge on any atom is 0.336 e. The summed E-state index contributed by atoms with van der Waals surface area (Å²) in [5.74, 6) is 0.459. The van der Waals surface area contributed by atoms with E-state index in [0.717, 1.165) is 22.6 Å². The maximum absolute atomic E-state index is 12.0. The molecular weight excluding hydrogens is 382 g/mol. The normalized spacial score (nSPS) is 10.9. The van der Waals surface area contributed by atoms with Crippen molar-refractivity contribution in [3.05, 3.63) is 60.2 Å². The van der Waals surface area contributed by atoms with E-state index in [1.807, 2.05) is 62.4 Å². The van der Waals surface area contributed by atoms with Crippen LogP contribution in [-0.4, -0.2) is 39.5 Å². The van der Waals surface area contributed by atoms with Crippen LogP contribution in [0.5, 0.6) is 11.5 Å². The first-order valence-corrected chi connectivity index (χ1v) is 9.69. The molecule has 4 aromatic rings. The van der Waals surface area contributed by atoms with E-state index < -0.39 is 5.97 Å². The monoisotopic (exact) mass is 403 g/mol. The molecule has 2 aromatic carbocycles. The molecule has 0 aliphatic carbocycles. The van der Waals surface area contributed by atoms with Gasteiger partial charge in [0, 0.05) is 11.1 Å². The minimum Gasteiger partial charge on any atom is -0.494 e. The number of nitrogens with one attached hydrogen (secondary N) is 1. The zero-order valence-corrected chi connectivity index (χ0v) is 16.7. The molecule has 7 nitrogen and oxygen atoms in total. The second-order valence-corrected chi connectivity index (χ2v) is 6.57. The number of carboxylic acid groups (broad SMARTS) is 1. The van der Waals surface area contributed by atoms with Gasteiger partial charge in [-0.15, -0.1) is 0 Å². The maximum atomic E-state index is 12.0. The number of H-pyrrole nitrogens is 1. The molecule has 30 heavy (non-hydrogen) atoms. The van der Waals surface area contributed by atoms with Crippen LogP contribution in [0.1, 0.15) is 24.2 Å². The van der Waals surface area contributed by atoms with Crippen LogP contribution >= 0.6 is 0 Å². The average molecular weight is 403 g/mol. The number of ether oxygens (including phenoxy) is 2. The van der Waals surface area contributed by atoms with Gasteiger partial charge in [0.05, 0.1) is 35.6 Å². The summed E-state index contributed by atoms with van der Waals surface area (Å²) in [4.78, 5) is 16.6. The molecule has 0 radical (unpaired) electrons. The Hall–Kier alpha value is -3.87. The Morgan fingerprint density at radius 1 is 0.933 bits per heavy atom. The summed E-state index contributed by atoms with van der Waals surface area (Å²) < 4.78 is 10.9. The van der Waals surface area contributed by atoms with Gasteiger partial charge in [-0.05, 0) is 68.4 Å². The number of fused-ring (bicyclic) bond motifs is 1. The Bertz CT molecular complexity index is 1180. The second kappa shape index (κ2) is 8.24. The van der Waals surface area contributed by atoms with Gasteiger partial charge in [-0.25, -0.2) is 9.78 Å². The summed E-state index contributed by atoms with van der Waals surface area (Å²) in [6.45, 7) is 4.99. The van der Waals surface area contributed by atoms with E-state index in [4.69, 9.17) is 9.47 Å². The summed E-state index contributed by atoms with van der Waals surface area (Å²) in [5.41, 5.74) is 3.22. The minimum atomic E-state index is -1.04. The number of benzene rings is 2. The number of aromatic nitrogens is 3. The summed E-state index contributed by atoms with van der Waals surface area (Å²) in [7, 11) is 0. The highest BCUT2D eigenvalue weighted by molar-refractivity contribution is 6.08. The number of nitrogens with zero attached hydrogens (tertiary/aromatic N) is 2. The van der Waals surface area contributed by atoms with Crippen LogP contribution < -0.4 is 9.47 Å².